The highest BCUT2D eigenvalue weighted by molar-refractivity contribution is 6.30. The Hall–Kier alpha value is -4.62. The molecule has 4 aromatic rings. The topological polar surface area (TPSA) is 109 Å². The van der Waals surface area contributed by atoms with Crippen molar-refractivity contribution in [2.24, 2.45) is 0 Å². The number of nitrogens with one attached hydrogen (secondary N) is 1. The first kappa shape index (κ1) is 29.9. The van der Waals surface area contributed by atoms with E-state index in [4.69, 9.17) is 26.4 Å². The first-order valence-corrected chi connectivity index (χ1v) is 14.7. The van der Waals surface area contributed by atoms with Crippen molar-refractivity contribution in [1.82, 2.24) is 10.3 Å². The van der Waals surface area contributed by atoms with Gasteiger partial charge in [-0.25, -0.2) is 4.98 Å². The third-order valence-electron chi connectivity index (χ3n) is 7.68. The van der Waals surface area contributed by atoms with Crippen molar-refractivity contribution in [2.75, 3.05) is 6.54 Å². The lowest BCUT2D eigenvalue weighted by molar-refractivity contribution is -0.136. The van der Waals surface area contributed by atoms with Crippen LogP contribution < -0.4 is 5.32 Å². The van der Waals surface area contributed by atoms with E-state index in [2.05, 4.69) is 30.4 Å². The summed E-state index contributed by atoms with van der Waals surface area (Å²) < 4.78 is 5.64. The third kappa shape index (κ3) is 6.89. The minimum absolute atomic E-state index is 0.0500. The number of aliphatic hydroxyl groups is 1. The molecule has 3 aromatic carbocycles. The van der Waals surface area contributed by atoms with Gasteiger partial charge in [0.1, 0.15) is 5.76 Å². The largest absolute Gasteiger partial charge is 0.508 e. The summed E-state index contributed by atoms with van der Waals surface area (Å²) in [6.45, 7) is 2.23. The van der Waals surface area contributed by atoms with E-state index in [9.17, 15) is 14.7 Å². The van der Waals surface area contributed by atoms with Crippen LogP contribution in [0.25, 0.3) is 10.9 Å². The zero-order chi connectivity index (χ0) is 30.3. The Labute approximate surface area is 255 Å². The van der Waals surface area contributed by atoms with Gasteiger partial charge in [-0.2, -0.15) is 0 Å². The highest BCUT2D eigenvalue weighted by Crippen LogP contribution is 2.44. The van der Waals surface area contributed by atoms with Crippen LogP contribution in [0.1, 0.15) is 76.9 Å². The summed E-state index contributed by atoms with van der Waals surface area (Å²) in [7, 11) is 0. The predicted molar refractivity (Wildman–Crippen MR) is 167 cm³/mol. The van der Waals surface area contributed by atoms with Gasteiger partial charge < -0.3 is 20.3 Å². The molecule has 43 heavy (non-hydrogen) atoms. The number of rotatable bonds is 11. The molecule has 0 aliphatic carbocycles. The second kappa shape index (κ2) is 13.6. The van der Waals surface area contributed by atoms with Gasteiger partial charge in [-0.3, -0.25) is 9.59 Å². The minimum Gasteiger partial charge on any atom is -0.508 e. The second-order valence-electron chi connectivity index (χ2n) is 10.5. The maximum atomic E-state index is 12.6. The summed E-state index contributed by atoms with van der Waals surface area (Å²) in [4.78, 5) is 28.3. The van der Waals surface area contributed by atoms with Crippen molar-refractivity contribution in [3.63, 3.8) is 0 Å². The number of aromatic nitrogens is 1. The Balaban J connectivity index is 1.55. The lowest BCUT2D eigenvalue weighted by atomic mass is 9.74. The number of hydrogen-bond donors (Lipinski definition) is 3. The smallest absolute Gasteiger partial charge is 0.305 e. The summed E-state index contributed by atoms with van der Waals surface area (Å²) >= 11 is 6.30. The molecule has 0 saturated carbocycles. The number of carboxylic acid groups (broad SMARTS) is 1. The Morgan fingerprint density at radius 3 is 2.44 bits per heavy atom. The van der Waals surface area contributed by atoms with E-state index >= 15 is 0 Å². The summed E-state index contributed by atoms with van der Waals surface area (Å²) in [5.74, 6) is -1.14. The number of amides is 1. The molecule has 0 fully saturated rings. The van der Waals surface area contributed by atoms with Gasteiger partial charge in [0.25, 0.3) is 5.91 Å². The number of hydrogen-bond acceptors (Lipinski definition) is 5. The molecule has 1 amide bonds. The van der Waals surface area contributed by atoms with Crippen LogP contribution in [0.15, 0.2) is 103 Å². The predicted octanol–water partition coefficient (Wildman–Crippen LogP) is 7.84. The van der Waals surface area contributed by atoms with Gasteiger partial charge in [0.2, 0.25) is 0 Å². The molecule has 1 aromatic heterocycles. The van der Waals surface area contributed by atoms with Gasteiger partial charge in [0, 0.05) is 28.4 Å². The van der Waals surface area contributed by atoms with Crippen LogP contribution in [-0.4, -0.2) is 33.6 Å². The number of nitrogens with zero attached hydrogens (tertiary/aromatic N) is 1. The van der Waals surface area contributed by atoms with Crippen LogP contribution in [0.2, 0.25) is 5.02 Å². The molecule has 3 N–H and O–H groups in total. The number of halogens is 1. The Bertz CT molecular complexity index is 1660. The number of benzene rings is 3. The summed E-state index contributed by atoms with van der Waals surface area (Å²) in [6, 6.07) is 25.5. The highest BCUT2D eigenvalue weighted by atomic mass is 35.5. The number of carbonyl (C=O) groups is 2. The maximum absolute atomic E-state index is 12.6. The van der Waals surface area contributed by atoms with Crippen molar-refractivity contribution >= 4 is 34.4 Å². The van der Waals surface area contributed by atoms with Crippen LogP contribution in [0.4, 0.5) is 0 Å². The standard InChI is InChI=1S/C35H33ClN2O5/c1-2-5-26(22-9-11-24(12-10-22)35(42)37-20-19-32(40)41)33(23-13-15-25(36)16-14-23)28-6-3-7-29-27(28)17-18-30(38-29)34-31(39)8-4-21-43-34/h3-4,6-18,21,26,33-34,39H,2,5,19-20H2,1H3,(H,37,42)(H,40,41)/t26-,33?,34?/m1/s1. The van der Waals surface area contributed by atoms with E-state index in [1.807, 2.05) is 48.5 Å². The Kier molecular flexibility index (Phi) is 9.42. The molecule has 8 heteroatoms. The third-order valence-corrected chi connectivity index (χ3v) is 7.93. The lowest BCUT2D eigenvalue weighted by Crippen LogP contribution is -2.26. The molecule has 0 bridgehead atoms. The number of carboxylic acids is 1. The maximum Gasteiger partial charge on any atom is 0.305 e. The van der Waals surface area contributed by atoms with Crippen LogP contribution in [0.5, 0.6) is 0 Å². The van der Waals surface area contributed by atoms with Crippen molar-refractivity contribution < 1.29 is 24.5 Å². The number of ether oxygens (including phenoxy) is 1. The molecule has 0 radical (unpaired) electrons. The minimum atomic E-state index is -0.958. The van der Waals surface area contributed by atoms with E-state index < -0.39 is 12.1 Å². The Morgan fingerprint density at radius 2 is 1.74 bits per heavy atom. The van der Waals surface area contributed by atoms with Gasteiger partial charge in [-0.05, 0) is 77.6 Å². The van der Waals surface area contributed by atoms with E-state index in [-0.39, 0.29) is 36.5 Å². The summed E-state index contributed by atoms with van der Waals surface area (Å²) in [6.07, 6.45) is 5.84. The quantitative estimate of drug-likeness (QED) is 0.163. The van der Waals surface area contributed by atoms with Gasteiger partial charge in [0.15, 0.2) is 6.10 Å². The average molecular weight is 597 g/mol. The Morgan fingerprint density at radius 1 is 1.00 bits per heavy atom. The number of pyridine rings is 1. The first-order valence-electron chi connectivity index (χ1n) is 14.3. The van der Waals surface area contributed by atoms with Crippen LogP contribution in [0, 0.1) is 0 Å². The van der Waals surface area contributed by atoms with E-state index in [0.29, 0.717) is 16.3 Å². The van der Waals surface area contributed by atoms with Crippen molar-refractivity contribution in [2.45, 2.75) is 44.1 Å². The summed E-state index contributed by atoms with van der Waals surface area (Å²) in [5.41, 5.74) is 5.19. The fraction of sp³-hybridized carbons (Fsp3) is 0.229. The fourth-order valence-corrected chi connectivity index (χ4v) is 5.78. The molecule has 0 spiro atoms. The SMILES string of the molecule is CCC[C@H](c1ccc(C(=O)NCCC(=O)O)cc1)C(c1ccc(Cl)cc1)c1cccc2nc(C3OC=CC=C3O)ccc12. The molecular formula is C35H33ClN2O5. The fourth-order valence-electron chi connectivity index (χ4n) is 5.65. The lowest BCUT2D eigenvalue weighted by Gasteiger charge is -2.30. The van der Waals surface area contributed by atoms with E-state index in [1.54, 1.807) is 30.5 Å². The van der Waals surface area contributed by atoms with Gasteiger partial charge >= 0.3 is 5.97 Å². The summed E-state index contributed by atoms with van der Waals surface area (Å²) in [5, 5.41) is 23.6. The number of allylic oxidation sites excluding steroid dienone is 2. The molecule has 2 heterocycles. The zero-order valence-corrected chi connectivity index (χ0v) is 24.5. The normalized spacial score (nSPS) is 15.8. The molecule has 1 aliphatic rings. The van der Waals surface area contributed by atoms with Crippen LogP contribution >= 0.6 is 11.6 Å². The van der Waals surface area contributed by atoms with Crippen LogP contribution in [0.3, 0.4) is 0 Å². The van der Waals surface area contributed by atoms with E-state index in [0.717, 1.165) is 40.4 Å². The highest BCUT2D eigenvalue weighted by Gasteiger charge is 2.29. The number of fused-ring (bicyclic) bond motifs is 1. The molecule has 220 valence electrons. The van der Waals surface area contributed by atoms with Crippen molar-refractivity contribution in [3.05, 3.63) is 136 Å². The molecule has 5 rings (SSSR count). The van der Waals surface area contributed by atoms with Gasteiger partial charge in [0.05, 0.1) is 23.9 Å². The van der Waals surface area contributed by atoms with Crippen molar-refractivity contribution in [1.29, 1.82) is 0 Å². The van der Waals surface area contributed by atoms with Gasteiger partial charge in [-0.1, -0.05) is 67.4 Å². The number of aliphatic carboxylic acids is 1. The molecule has 2 unspecified atom stereocenters. The molecule has 7 nitrogen and oxygen atoms in total. The molecule has 1 aliphatic heterocycles. The van der Waals surface area contributed by atoms with E-state index in [1.165, 1.54) is 0 Å². The number of carbonyl (C=O) groups excluding carboxylic acids is 1. The number of aliphatic hydroxyl groups excluding tert-OH is 1. The van der Waals surface area contributed by atoms with Crippen molar-refractivity contribution in [3.8, 4) is 0 Å². The second-order valence-corrected chi connectivity index (χ2v) is 11.0. The van der Waals surface area contributed by atoms with Gasteiger partial charge in [-0.15, -0.1) is 0 Å². The zero-order valence-electron chi connectivity index (χ0n) is 23.7. The monoisotopic (exact) mass is 596 g/mol. The average Bonchev–Trinajstić information content (AvgIpc) is 3.01. The first-order chi connectivity index (χ1) is 20.9. The molecule has 3 atom stereocenters. The molecule has 0 saturated heterocycles. The molecular weight excluding hydrogens is 564 g/mol. The van der Waals surface area contributed by atoms with Crippen LogP contribution in [-0.2, 0) is 9.53 Å².